The zero-order chi connectivity index (χ0) is 22.7. The highest BCUT2D eigenvalue weighted by atomic mass is 35.5. The molecule has 2 amide bonds. The molecule has 8 nitrogen and oxygen atoms in total. The molecule has 1 N–H and O–H groups in total. The molecule has 2 aliphatic heterocycles. The average molecular weight is 460 g/mol. The van der Waals surface area contributed by atoms with E-state index in [1.165, 1.54) is 0 Å². The van der Waals surface area contributed by atoms with Crippen molar-refractivity contribution in [3.05, 3.63) is 28.8 Å². The van der Waals surface area contributed by atoms with Crippen LogP contribution in [0, 0.1) is 12.8 Å². The number of hydrogen-bond donors (Lipinski definition) is 1. The van der Waals surface area contributed by atoms with Crippen LogP contribution in [-0.2, 0) is 9.59 Å². The maximum absolute atomic E-state index is 13.2. The van der Waals surface area contributed by atoms with Crippen molar-refractivity contribution in [3.63, 3.8) is 0 Å². The zero-order valence-corrected chi connectivity index (χ0v) is 19.3. The van der Waals surface area contributed by atoms with Gasteiger partial charge in [-0.2, -0.15) is 0 Å². The Balaban J connectivity index is 1.32. The Morgan fingerprint density at radius 1 is 1.22 bits per heavy atom. The van der Waals surface area contributed by atoms with Crippen LogP contribution in [0.4, 0.5) is 0 Å². The van der Waals surface area contributed by atoms with E-state index in [9.17, 15) is 9.59 Å². The SMILES string of the molecule is Cc1cc(Cl)ccc1OC(C)C(=O)NC1CCC(C2(C(=O)N3CCCC3)C=NN=N2)CC1. The molecule has 1 aromatic carbocycles. The summed E-state index contributed by atoms with van der Waals surface area (Å²) in [4.78, 5) is 27.8. The van der Waals surface area contributed by atoms with Crippen LogP contribution in [0.2, 0.25) is 5.02 Å². The fraction of sp³-hybridized carbons (Fsp3) is 0.609. The van der Waals surface area contributed by atoms with Gasteiger partial charge in [0.05, 0.1) is 6.21 Å². The number of likely N-dealkylation sites (tertiary alicyclic amines) is 1. The van der Waals surface area contributed by atoms with Crippen molar-refractivity contribution in [2.75, 3.05) is 13.1 Å². The summed E-state index contributed by atoms with van der Waals surface area (Å²) in [5.41, 5.74) is -0.0834. The van der Waals surface area contributed by atoms with Crippen molar-refractivity contribution >= 4 is 29.6 Å². The van der Waals surface area contributed by atoms with Gasteiger partial charge in [-0.25, -0.2) is 0 Å². The summed E-state index contributed by atoms with van der Waals surface area (Å²) in [6.45, 7) is 5.20. The third-order valence-electron chi connectivity index (χ3n) is 6.76. The Kier molecular flexibility index (Phi) is 6.79. The van der Waals surface area contributed by atoms with Gasteiger partial charge in [-0.1, -0.05) is 11.6 Å². The number of ether oxygens (including phenoxy) is 1. The summed E-state index contributed by atoms with van der Waals surface area (Å²) in [6, 6.07) is 5.39. The molecule has 4 rings (SSSR count). The van der Waals surface area contributed by atoms with E-state index in [1.807, 2.05) is 17.9 Å². The number of nitrogens with zero attached hydrogens (tertiary/aromatic N) is 4. The van der Waals surface area contributed by atoms with E-state index in [1.54, 1.807) is 25.3 Å². The van der Waals surface area contributed by atoms with Crippen molar-refractivity contribution in [3.8, 4) is 5.75 Å². The van der Waals surface area contributed by atoms with Gasteiger partial charge in [0.2, 0.25) is 5.54 Å². The second-order valence-electron chi connectivity index (χ2n) is 8.99. The molecule has 0 spiro atoms. The first-order valence-corrected chi connectivity index (χ1v) is 11.8. The third kappa shape index (κ3) is 4.65. The normalized spacial score (nSPS) is 28.0. The number of hydrogen-bond acceptors (Lipinski definition) is 6. The molecule has 32 heavy (non-hydrogen) atoms. The lowest BCUT2D eigenvalue weighted by molar-refractivity contribution is -0.135. The molecule has 1 saturated carbocycles. The molecular weight excluding hydrogens is 430 g/mol. The van der Waals surface area contributed by atoms with Crippen LogP contribution >= 0.6 is 11.6 Å². The highest BCUT2D eigenvalue weighted by Crippen LogP contribution is 2.38. The molecule has 2 fully saturated rings. The summed E-state index contributed by atoms with van der Waals surface area (Å²) >= 11 is 5.99. The molecule has 0 aromatic heterocycles. The van der Waals surface area contributed by atoms with Gasteiger partial charge in [0.25, 0.3) is 11.8 Å². The minimum atomic E-state index is -0.970. The molecule has 1 saturated heterocycles. The third-order valence-corrected chi connectivity index (χ3v) is 6.99. The number of rotatable bonds is 6. The van der Waals surface area contributed by atoms with Crippen LogP contribution in [0.1, 0.15) is 51.0 Å². The maximum atomic E-state index is 13.2. The number of aryl methyl sites for hydroxylation is 1. The predicted octanol–water partition coefficient (Wildman–Crippen LogP) is 3.90. The Hall–Kier alpha value is -2.48. The molecule has 0 bridgehead atoms. The molecule has 2 heterocycles. The summed E-state index contributed by atoms with van der Waals surface area (Å²) < 4.78 is 5.84. The number of halogens is 1. The van der Waals surface area contributed by atoms with E-state index in [2.05, 4.69) is 20.8 Å². The van der Waals surface area contributed by atoms with Crippen LogP contribution in [0.25, 0.3) is 0 Å². The van der Waals surface area contributed by atoms with Gasteiger partial charge in [-0.15, -0.1) is 10.2 Å². The van der Waals surface area contributed by atoms with Gasteiger partial charge in [0.15, 0.2) is 6.10 Å². The predicted molar refractivity (Wildman–Crippen MR) is 122 cm³/mol. The smallest absolute Gasteiger partial charge is 0.260 e. The highest BCUT2D eigenvalue weighted by Gasteiger charge is 2.50. The minimum absolute atomic E-state index is 0.0212. The zero-order valence-electron chi connectivity index (χ0n) is 18.6. The van der Waals surface area contributed by atoms with Gasteiger partial charge in [-0.05, 0) is 81.4 Å². The van der Waals surface area contributed by atoms with Crippen molar-refractivity contribution in [2.45, 2.75) is 70.1 Å². The van der Waals surface area contributed by atoms with Crippen LogP contribution < -0.4 is 10.1 Å². The Labute approximate surface area is 193 Å². The average Bonchev–Trinajstić information content (AvgIpc) is 3.49. The molecular formula is C23H30ClN5O3. The molecule has 3 aliphatic rings. The van der Waals surface area contributed by atoms with Crippen molar-refractivity contribution in [2.24, 2.45) is 21.4 Å². The van der Waals surface area contributed by atoms with E-state index in [-0.39, 0.29) is 23.8 Å². The number of carbonyl (C=O) groups is 2. The quantitative estimate of drug-likeness (QED) is 0.698. The summed E-state index contributed by atoms with van der Waals surface area (Å²) in [7, 11) is 0. The molecule has 1 aliphatic carbocycles. The molecule has 172 valence electrons. The van der Waals surface area contributed by atoms with Crippen LogP contribution in [-0.4, -0.2) is 53.7 Å². The van der Waals surface area contributed by atoms with E-state index in [0.717, 1.165) is 57.2 Å². The largest absolute Gasteiger partial charge is 0.481 e. The van der Waals surface area contributed by atoms with Gasteiger partial charge in [-0.3, -0.25) is 9.59 Å². The Morgan fingerprint density at radius 2 is 1.94 bits per heavy atom. The monoisotopic (exact) mass is 459 g/mol. The number of carbonyl (C=O) groups excluding carboxylic acids is 2. The fourth-order valence-electron chi connectivity index (χ4n) is 4.86. The first kappa shape index (κ1) is 22.7. The summed E-state index contributed by atoms with van der Waals surface area (Å²) in [5.74, 6) is 0.568. The maximum Gasteiger partial charge on any atom is 0.260 e. The topological polar surface area (TPSA) is 95.7 Å². The van der Waals surface area contributed by atoms with Gasteiger partial charge >= 0.3 is 0 Å². The van der Waals surface area contributed by atoms with Crippen LogP contribution in [0.3, 0.4) is 0 Å². The van der Waals surface area contributed by atoms with Crippen LogP contribution in [0.15, 0.2) is 33.6 Å². The lowest BCUT2D eigenvalue weighted by Crippen LogP contribution is -2.54. The molecule has 9 heteroatoms. The van der Waals surface area contributed by atoms with Crippen molar-refractivity contribution in [1.82, 2.24) is 10.2 Å². The van der Waals surface area contributed by atoms with Crippen molar-refractivity contribution < 1.29 is 14.3 Å². The second-order valence-corrected chi connectivity index (χ2v) is 9.42. The van der Waals surface area contributed by atoms with E-state index < -0.39 is 11.6 Å². The number of amides is 2. The van der Waals surface area contributed by atoms with Crippen molar-refractivity contribution in [1.29, 1.82) is 0 Å². The van der Waals surface area contributed by atoms with Gasteiger partial charge in [0.1, 0.15) is 5.75 Å². The van der Waals surface area contributed by atoms with Crippen LogP contribution in [0.5, 0.6) is 5.75 Å². The second kappa shape index (κ2) is 9.57. The van der Waals surface area contributed by atoms with Gasteiger partial charge in [0, 0.05) is 30.1 Å². The minimum Gasteiger partial charge on any atom is -0.481 e. The Bertz CT molecular complexity index is 908. The first-order chi connectivity index (χ1) is 15.4. The molecule has 2 unspecified atom stereocenters. The standard InChI is InChI=1S/C23H30ClN5O3/c1-15-13-18(24)7-10-20(15)32-16(2)21(30)26-19-8-5-17(6-9-19)23(14-25-28-27-23)22(31)29-11-3-4-12-29/h7,10,13-14,16-17,19H,3-6,8-9,11-12H2,1-2H3,(H,26,30). The summed E-state index contributed by atoms with van der Waals surface area (Å²) in [6.07, 6.45) is 6.19. The summed E-state index contributed by atoms with van der Waals surface area (Å²) in [5, 5.41) is 15.8. The first-order valence-electron chi connectivity index (χ1n) is 11.4. The van der Waals surface area contributed by atoms with Gasteiger partial charge < -0.3 is 15.0 Å². The van der Waals surface area contributed by atoms with E-state index in [4.69, 9.17) is 16.3 Å². The lowest BCUT2D eigenvalue weighted by atomic mass is 9.73. The van der Waals surface area contributed by atoms with E-state index >= 15 is 0 Å². The number of benzene rings is 1. The van der Waals surface area contributed by atoms with E-state index in [0.29, 0.717) is 10.8 Å². The number of nitrogens with one attached hydrogen (secondary N) is 1. The highest BCUT2D eigenvalue weighted by molar-refractivity contribution is 6.30. The molecule has 2 atom stereocenters. The molecule has 1 aromatic rings. The lowest BCUT2D eigenvalue weighted by Gasteiger charge is -2.37. The fourth-order valence-corrected chi connectivity index (χ4v) is 5.08. The molecule has 0 radical (unpaired) electrons. The Morgan fingerprint density at radius 3 is 2.56 bits per heavy atom.